The monoisotopic (exact) mass is 420 g/mol. The molecule has 7 nitrogen and oxygen atoms in total. The maximum Gasteiger partial charge on any atom is 0.284 e. The van der Waals surface area contributed by atoms with E-state index in [1.54, 1.807) is 19.1 Å². The summed E-state index contributed by atoms with van der Waals surface area (Å²) in [6.45, 7) is 4.67. The van der Waals surface area contributed by atoms with Gasteiger partial charge in [-0.3, -0.25) is 4.79 Å². The second kappa shape index (κ2) is 8.40. The van der Waals surface area contributed by atoms with Crippen molar-refractivity contribution in [3.8, 4) is 0 Å². The largest absolute Gasteiger partial charge is 0.362 e. The topological polar surface area (TPSA) is 91.7 Å². The second-order valence-electron chi connectivity index (χ2n) is 6.76. The van der Waals surface area contributed by atoms with Crippen molar-refractivity contribution in [2.75, 3.05) is 18.9 Å². The Hall–Kier alpha value is -2.26. The molecule has 0 bridgehead atoms. The van der Waals surface area contributed by atoms with Gasteiger partial charge in [0.05, 0.1) is 15.6 Å². The Labute approximate surface area is 169 Å². The summed E-state index contributed by atoms with van der Waals surface area (Å²) >= 11 is 1.37. The molecule has 1 aromatic carbocycles. The van der Waals surface area contributed by atoms with Crippen LogP contribution < -0.4 is 5.32 Å². The molecule has 9 heteroatoms. The molecule has 28 heavy (non-hydrogen) atoms. The van der Waals surface area contributed by atoms with Crippen LogP contribution in [0, 0.1) is 6.92 Å². The van der Waals surface area contributed by atoms with Crippen LogP contribution in [-0.4, -0.2) is 43.6 Å². The molecule has 1 saturated heterocycles. The zero-order valence-electron chi connectivity index (χ0n) is 16.2. The van der Waals surface area contributed by atoms with Crippen molar-refractivity contribution in [1.82, 2.24) is 9.88 Å². The van der Waals surface area contributed by atoms with Crippen LogP contribution >= 0.6 is 11.3 Å². The molecule has 1 fully saturated rings. The van der Waals surface area contributed by atoms with Crippen LogP contribution in [0.5, 0.6) is 0 Å². The van der Waals surface area contributed by atoms with Gasteiger partial charge in [0.25, 0.3) is 15.9 Å². The van der Waals surface area contributed by atoms with E-state index in [-0.39, 0.29) is 10.8 Å². The number of likely N-dealkylation sites (tertiary alicyclic amines) is 1. The van der Waals surface area contributed by atoms with Crippen molar-refractivity contribution in [2.24, 2.45) is 4.40 Å². The Bertz CT molecular complexity index is 1010. The Morgan fingerprint density at radius 1 is 1.39 bits per heavy atom. The van der Waals surface area contributed by atoms with Gasteiger partial charge < -0.3 is 10.2 Å². The molecule has 1 aliphatic rings. The summed E-state index contributed by atoms with van der Waals surface area (Å²) in [4.78, 5) is 19.5. The first-order valence-corrected chi connectivity index (χ1v) is 11.5. The predicted molar refractivity (Wildman–Crippen MR) is 112 cm³/mol. The van der Waals surface area contributed by atoms with Crippen LogP contribution in [0.25, 0.3) is 0 Å². The standard InChI is InChI=1S/C19H24N4O3S2/c1-4-7-17-20-13(2)18(27-17)19(24)21-14-8-5-9-15(12-14)28(25,26)22-16-10-6-11-23(16)3/h5,8-9,12H,4,6-7,10-11H2,1-3H3,(H,21,24)/b22-16-. The molecule has 150 valence electrons. The van der Waals surface area contributed by atoms with Gasteiger partial charge >= 0.3 is 0 Å². The van der Waals surface area contributed by atoms with E-state index in [2.05, 4.69) is 21.6 Å². The van der Waals surface area contributed by atoms with Crippen molar-refractivity contribution in [1.29, 1.82) is 0 Å². The van der Waals surface area contributed by atoms with Crippen LogP contribution in [0.4, 0.5) is 5.69 Å². The minimum absolute atomic E-state index is 0.0609. The average Bonchev–Trinajstić information content (AvgIpc) is 3.21. The minimum Gasteiger partial charge on any atom is -0.362 e. The molecule has 1 N–H and O–H groups in total. The van der Waals surface area contributed by atoms with Crippen molar-refractivity contribution in [3.05, 3.63) is 39.8 Å². The molecule has 0 radical (unpaired) electrons. The molecule has 1 amide bonds. The van der Waals surface area contributed by atoms with Crippen molar-refractivity contribution < 1.29 is 13.2 Å². The van der Waals surface area contributed by atoms with E-state index >= 15 is 0 Å². The average molecular weight is 421 g/mol. The van der Waals surface area contributed by atoms with Gasteiger partial charge in [-0.15, -0.1) is 15.7 Å². The Balaban J connectivity index is 1.81. The first-order chi connectivity index (χ1) is 13.3. The van der Waals surface area contributed by atoms with Crippen LogP contribution in [0.3, 0.4) is 0 Å². The molecular formula is C19H24N4O3S2. The van der Waals surface area contributed by atoms with Gasteiger partial charge in [0.1, 0.15) is 10.7 Å². The highest BCUT2D eigenvalue weighted by atomic mass is 32.2. The van der Waals surface area contributed by atoms with Gasteiger partial charge in [-0.25, -0.2) is 4.98 Å². The molecule has 2 aromatic rings. The molecule has 1 aromatic heterocycles. The summed E-state index contributed by atoms with van der Waals surface area (Å²) in [5, 5.41) is 3.71. The lowest BCUT2D eigenvalue weighted by Crippen LogP contribution is -2.20. The van der Waals surface area contributed by atoms with Crippen molar-refractivity contribution >= 4 is 38.8 Å². The number of anilines is 1. The smallest absolute Gasteiger partial charge is 0.284 e. The number of nitrogens with zero attached hydrogens (tertiary/aromatic N) is 3. The fourth-order valence-electron chi connectivity index (χ4n) is 3.01. The molecule has 3 rings (SSSR count). The summed E-state index contributed by atoms with van der Waals surface area (Å²) in [7, 11) is -1.99. The molecular weight excluding hydrogens is 396 g/mol. The first-order valence-electron chi connectivity index (χ1n) is 9.23. The maximum atomic E-state index is 12.6. The van der Waals surface area contributed by atoms with Gasteiger partial charge in [0.2, 0.25) is 0 Å². The molecule has 0 unspecified atom stereocenters. The summed E-state index contributed by atoms with van der Waals surface area (Å²) in [5.74, 6) is 0.284. The van der Waals surface area contributed by atoms with E-state index in [4.69, 9.17) is 0 Å². The van der Waals surface area contributed by atoms with E-state index < -0.39 is 10.0 Å². The van der Waals surface area contributed by atoms with Crippen LogP contribution in [0.2, 0.25) is 0 Å². The zero-order chi connectivity index (χ0) is 20.3. The van der Waals surface area contributed by atoms with Gasteiger partial charge in [0.15, 0.2) is 0 Å². The Morgan fingerprint density at radius 3 is 2.86 bits per heavy atom. The lowest BCUT2D eigenvalue weighted by Gasteiger charge is -2.11. The number of hydrogen-bond acceptors (Lipinski definition) is 5. The molecule has 2 heterocycles. The summed E-state index contributed by atoms with van der Waals surface area (Å²) < 4.78 is 29.2. The number of nitrogens with one attached hydrogen (secondary N) is 1. The molecule has 0 aliphatic carbocycles. The van der Waals surface area contributed by atoms with Gasteiger partial charge in [-0.1, -0.05) is 13.0 Å². The number of carbonyl (C=O) groups excluding carboxylic acids is 1. The number of aromatic nitrogens is 1. The first kappa shape index (κ1) is 20.5. The molecule has 0 saturated carbocycles. The number of thiazole rings is 1. The Kier molecular flexibility index (Phi) is 6.14. The predicted octanol–water partition coefficient (Wildman–Crippen LogP) is 3.47. The third kappa shape index (κ3) is 4.59. The number of amides is 1. The number of amidine groups is 1. The summed E-state index contributed by atoms with van der Waals surface area (Å²) in [6, 6.07) is 6.19. The van der Waals surface area contributed by atoms with Crippen LogP contribution in [-0.2, 0) is 16.4 Å². The van der Waals surface area contributed by atoms with E-state index in [1.165, 1.54) is 23.5 Å². The minimum atomic E-state index is -3.83. The van der Waals surface area contributed by atoms with Gasteiger partial charge in [-0.2, -0.15) is 8.42 Å². The highest BCUT2D eigenvalue weighted by Crippen LogP contribution is 2.23. The zero-order valence-corrected chi connectivity index (χ0v) is 17.9. The molecule has 1 aliphatic heterocycles. The fourth-order valence-corrected chi connectivity index (χ4v) is 5.21. The SMILES string of the molecule is CCCc1nc(C)c(C(=O)Nc2cccc(S(=O)(=O)/N=C3/CCCN3C)c2)s1. The lowest BCUT2D eigenvalue weighted by atomic mass is 10.3. The maximum absolute atomic E-state index is 12.6. The third-order valence-corrected chi connectivity index (χ3v) is 6.98. The van der Waals surface area contributed by atoms with E-state index in [1.807, 2.05) is 11.9 Å². The lowest BCUT2D eigenvalue weighted by molar-refractivity contribution is 0.102. The van der Waals surface area contributed by atoms with Gasteiger partial charge in [0, 0.05) is 25.7 Å². The molecule has 0 spiro atoms. The summed E-state index contributed by atoms with van der Waals surface area (Å²) in [5.41, 5.74) is 1.10. The highest BCUT2D eigenvalue weighted by Gasteiger charge is 2.21. The number of carbonyl (C=O) groups is 1. The van der Waals surface area contributed by atoms with Crippen molar-refractivity contribution in [2.45, 2.75) is 44.4 Å². The quantitative estimate of drug-likeness (QED) is 0.773. The van der Waals surface area contributed by atoms with Gasteiger partial charge in [-0.05, 0) is 44.4 Å². The van der Waals surface area contributed by atoms with Crippen LogP contribution in [0.1, 0.15) is 46.6 Å². The van der Waals surface area contributed by atoms with E-state index in [0.717, 1.165) is 30.8 Å². The Morgan fingerprint density at radius 2 is 2.18 bits per heavy atom. The van der Waals surface area contributed by atoms with Crippen molar-refractivity contribution in [3.63, 3.8) is 0 Å². The van der Waals surface area contributed by atoms with Crippen LogP contribution in [0.15, 0.2) is 33.6 Å². The third-order valence-electron chi connectivity index (χ3n) is 4.46. The number of aryl methyl sites for hydroxylation is 2. The number of hydrogen-bond donors (Lipinski definition) is 1. The van der Waals surface area contributed by atoms with E-state index in [0.29, 0.717) is 28.5 Å². The van der Waals surface area contributed by atoms with E-state index in [9.17, 15) is 13.2 Å². The second-order valence-corrected chi connectivity index (χ2v) is 9.45. The number of rotatable bonds is 6. The highest BCUT2D eigenvalue weighted by molar-refractivity contribution is 7.90. The number of benzene rings is 1. The molecule has 0 atom stereocenters. The normalized spacial score (nSPS) is 16.0. The number of sulfonamides is 1. The fraction of sp³-hybridized carbons (Fsp3) is 0.421. The summed E-state index contributed by atoms with van der Waals surface area (Å²) in [6.07, 6.45) is 3.35.